The molecule has 0 atom stereocenters. The van der Waals surface area contributed by atoms with Crippen molar-refractivity contribution in [2.75, 3.05) is 21.3 Å². The van der Waals surface area contributed by atoms with Gasteiger partial charge in [-0.25, -0.2) is 0 Å². The summed E-state index contributed by atoms with van der Waals surface area (Å²) < 4.78 is 17.5. The van der Waals surface area contributed by atoms with Gasteiger partial charge in [0.15, 0.2) is 0 Å². The molecule has 81 heavy (non-hydrogen) atoms. The standard InChI is InChI=1S/C72H75N3O6/c1-49-31-61-43-73(40-58-25-10-7-19-52(58)37-55-22-13-16-28-67(55)79-4)45-63-33-50(2)35-65(71(63)77)47-75(42-60-27-12-9-21-54(60)39-57-24-15-18-30-69(57)81-6)48-66-36-51(3)34-64(72(66)78)46-74(44-62(32-49)70(61)76)41-59-26-11-8-20-53(59)38-56-23-14-17-29-68(56)80-5/h7-36,76-78H,37-48H2,1-6H3. The van der Waals surface area contributed by atoms with E-state index in [9.17, 15) is 15.3 Å². The highest BCUT2D eigenvalue weighted by Crippen LogP contribution is 2.37. The van der Waals surface area contributed by atoms with Crippen LogP contribution in [0.5, 0.6) is 34.5 Å². The van der Waals surface area contributed by atoms with Crippen LogP contribution in [0.25, 0.3) is 0 Å². The Morgan fingerprint density at radius 3 is 0.716 bits per heavy atom. The lowest BCUT2D eigenvalue weighted by Gasteiger charge is -2.30. The van der Waals surface area contributed by atoms with Crippen LogP contribution in [0.15, 0.2) is 182 Å². The molecule has 414 valence electrons. The molecule has 9 aromatic carbocycles. The van der Waals surface area contributed by atoms with Gasteiger partial charge in [-0.05, 0) is 89.0 Å². The van der Waals surface area contributed by atoms with E-state index in [-0.39, 0.29) is 17.2 Å². The highest BCUT2D eigenvalue weighted by atomic mass is 16.5. The largest absolute Gasteiger partial charge is 0.507 e. The van der Waals surface area contributed by atoms with Crippen LogP contribution in [-0.4, -0.2) is 51.3 Å². The average molecular weight is 1080 g/mol. The lowest BCUT2D eigenvalue weighted by Crippen LogP contribution is -2.26. The van der Waals surface area contributed by atoms with E-state index in [0.717, 1.165) is 101 Å². The van der Waals surface area contributed by atoms with E-state index < -0.39 is 0 Å². The first-order chi connectivity index (χ1) is 39.4. The van der Waals surface area contributed by atoms with Crippen molar-refractivity contribution in [3.63, 3.8) is 0 Å². The van der Waals surface area contributed by atoms with Gasteiger partial charge < -0.3 is 29.5 Å². The molecule has 10 rings (SSSR count). The van der Waals surface area contributed by atoms with Gasteiger partial charge in [-0.2, -0.15) is 0 Å². The Kier molecular flexibility index (Phi) is 17.9. The molecule has 0 fully saturated rings. The van der Waals surface area contributed by atoms with Gasteiger partial charge in [0.1, 0.15) is 34.5 Å². The number of nitrogens with zero attached hydrogens (tertiary/aromatic N) is 3. The number of ether oxygens (including phenoxy) is 3. The number of rotatable bonds is 15. The molecule has 0 spiro atoms. The molecule has 0 saturated carbocycles. The van der Waals surface area contributed by atoms with Gasteiger partial charge in [0, 0.05) is 112 Å². The molecule has 0 aromatic heterocycles. The summed E-state index contributed by atoms with van der Waals surface area (Å²) in [4.78, 5) is 7.05. The fourth-order valence-electron chi connectivity index (χ4n) is 12.0. The topological polar surface area (TPSA) is 98.1 Å². The minimum Gasteiger partial charge on any atom is -0.507 e. The van der Waals surface area contributed by atoms with Crippen LogP contribution in [0, 0.1) is 20.8 Å². The van der Waals surface area contributed by atoms with E-state index in [1.807, 2.05) is 36.4 Å². The third-order valence-electron chi connectivity index (χ3n) is 15.9. The van der Waals surface area contributed by atoms with Crippen LogP contribution in [0.1, 0.15) is 100 Å². The van der Waals surface area contributed by atoms with Crippen LogP contribution in [0.2, 0.25) is 0 Å². The van der Waals surface area contributed by atoms with Crippen molar-refractivity contribution in [3.8, 4) is 34.5 Å². The molecule has 0 saturated heterocycles. The van der Waals surface area contributed by atoms with Crippen molar-refractivity contribution in [2.45, 2.75) is 98.9 Å². The lowest BCUT2D eigenvalue weighted by molar-refractivity contribution is 0.226. The predicted octanol–water partition coefficient (Wildman–Crippen LogP) is 14.4. The number of aromatic hydroxyl groups is 3. The highest BCUT2D eigenvalue weighted by molar-refractivity contribution is 5.49. The van der Waals surface area contributed by atoms with Crippen LogP contribution in [-0.2, 0) is 78.2 Å². The Balaban J connectivity index is 1.09. The van der Waals surface area contributed by atoms with Crippen LogP contribution < -0.4 is 14.2 Å². The number of benzene rings is 9. The van der Waals surface area contributed by atoms with Crippen LogP contribution in [0.3, 0.4) is 0 Å². The van der Waals surface area contributed by atoms with Crippen molar-refractivity contribution in [1.29, 1.82) is 0 Å². The average Bonchev–Trinajstić information content (AvgIpc) is 3.48. The molecule has 0 aliphatic carbocycles. The molecule has 9 nitrogen and oxygen atoms in total. The zero-order chi connectivity index (χ0) is 56.4. The molecule has 0 amide bonds. The van der Waals surface area contributed by atoms with Crippen molar-refractivity contribution >= 4 is 0 Å². The summed E-state index contributed by atoms with van der Waals surface area (Å²) in [6.07, 6.45) is 2.04. The third-order valence-corrected chi connectivity index (χ3v) is 15.9. The summed E-state index contributed by atoms with van der Waals surface area (Å²) in [6.45, 7) is 10.4. The third kappa shape index (κ3) is 13.6. The molecule has 3 N–H and O–H groups in total. The summed E-state index contributed by atoms with van der Waals surface area (Å²) in [5, 5.41) is 38.1. The van der Waals surface area contributed by atoms with Crippen LogP contribution >= 0.6 is 0 Å². The Morgan fingerprint density at radius 2 is 0.494 bits per heavy atom. The number of fused-ring (bicyclic) bond motifs is 6. The minimum atomic E-state index is 0.242. The Labute approximate surface area is 478 Å². The van der Waals surface area contributed by atoms with E-state index in [4.69, 9.17) is 14.2 Å². The van der Waals surface area contributed by atoms with E-state index in [1.54, 1.807) is 21.3 Å². The number of hydrogen-bond donors (Lipinski definition) is 3. The molecule has 6 bridgehead atoms. The lowest BCUT2D eigenvalue weighted by atomic mass is 9.96. The first kappa shape index (κ1) is 56.0. The molecular weight excluding hydrogens is 1000 g/mol. The summed E-state index contributed by atoms with van der Waals surface area (Å²) in [7, 11) is 5.15. The number of hydrogen-bond acceptors (Lipinski definition) is 9. The van der Waals surface area contributed by atoms with E-state index in [2.05, 4.69) is 181 Å². The van der Waals surface area contributed by atoms with Gasteiger partial charge >= 0.3 is 0 Å². The molecule has 9 heteroatoms. The summed E-state index contributed by atoms with van der Waals surface area (Å²) in [5.41, 5.74) is 18.2. The fourth-order valence-corrected chi connectivity index (χ4v) is 12.0. The number of methoxy groups -OCH3 is 3. The van der Waals surface area contributed by atoms with Crippen molar-refractivity contribution < 1.29 is 29.5 Å². The number of aryl methyl sites for hydroxylation is 3. The monoisotopic (exact) mass is 1080 g/mol. The zero-order valence-electron chi connectivity index (χ0n) is 47.7. The Bertz CT molecular complexity index is 3190. The van der Waals surface area contributed by atoms with Crippen molar-refractivity contribution in [1.82, 2.24) is 14.7 Å². The maximum Gasteiger partial charge on any atom is 0.124 e. The van der Waals surface area contributed by atoms with E-state index >= 15 is 0 Å². The molecule has 9 aromatic rings. The first-order valence-electron chi connectivity index (χ1n) is 28.1. The summed E-state index contributed by atoms with van der Waals surface area (Å²) in [5.74, 6) is 3.26. The maximum absolute atomic E-state index is 12.7. The second kappa shape index (κ2) is 25.8. The molecule has 1 aliphatic rings. The van der Waals surface area contributed by atoms with Gasteiger partial charge in [-0.3, -0.25) is 14.7 Å². The smallest absolute Gasteiger partial charge is 0.124 e. The Hall–Kier alpha value is -8.34. The van der Waals surface area contributed by atoms with Gasteiger partial charge in [-0.1, -0.05) is 180 Å². The quantitative estimate of drug-likeness (QED) is 0.0927. The molecule has 0 unspecified atom stereocenters. The number of phenolic OH excluding ortho intramolecular Hbond substituents is 3. The SMILES string of the molecule is COc1ccccc1Cc1ccccc1CN1Cc2cc(C)cc(c2O)CN(Cc2ccccc2Cc2ccccc2OC)Cc2cc(C)cc(c2O)CN(Cc2ccccc2Cc2ccccc2OC)Cc2cc(C)cc(c2O)C1. The second-order valence-corrected chi connectivity index (χ2v) is 22.0. The van der Waals surface area contributed by atoms with Gasteiger partial charge in [0.25, 0.3) is 0 Å². The molecule has 0 radical (unpaired) electrons. The molecule has 1 aliphatic heterocycles. The highest BCUT2D eigenvalue weighted by Gasteiger charge is 2.25. The van der Waals surface area contributed by atoms with Gasteiger partial charge in [0.2, 0.25) is 0 Å². The zero-order valence-corrected chi connectivity index (χ0v) is 47.7. The first-order valence-corrected chi connectivity index (χ1v) is 28.1. The van der Waals surface area contributed by atoms with Gasteiger partial charge in [-0.15, -0.1) is 0 Å². The number of para-hydroxylation sites is 3. The minimum absolute atomic E-state index is 0.242. The predicted molar refractivity (Wildman–Crippen MR) is 324 cm³/mol. The second-order valence-electron chi connectivity index (χ2n) is 22.0. The van der Waals surface area contributed by atoms with Gasteiger partial charge in [0.05, 0.1) is 21.3 Å². The Morgan fingerprint density at radius 1 is 0.296 bits per heavy atom. The van der Waals surface area contributed by atoms with E-state index in [1.165, 1.54) is 16.7 Å². The van der Waals surface area contributed by atoms with Crippen molar-refractivity contribution in [3.05, 3.63) is 282 Å². The van der Waals surface area contributed by atoms with Crippen molar-refractivity contribution in [2.24, 2.45) is 0 Å². The van der Waals surface area contributed by atoms with Crippen LogP contribution in [0.4, 0.5) is 0 Å². The maximum atomic E-state index is 12.7. The molecule has 1 heterocycles. The summed E-state index contributed by atoms with van der Waals surface area (Å²) >= 11 is 0. The normalized spacial score (nSPS) is 13.6. The summed E-state index contributed by atoms with van der Waals surface area (Å²) in [6, 6.07) is 62.8. The number of phenols is 3. The van der Waals surface area contributed by atoms with E-state index in [0.29, 0.717) is 78.2 Å². The molecular formula is C72H75N3O6. The fraction of sp³-hybridized carbons (Fsp3) is 0.250.